The fourth-order valence-electron chi connectivity index (χ4n) is 1.38. The van der Waals surface area contributed by atoms with E-state index in [-0.39, 0.29) is 5.82 Å². The lowest BCUT2D eigenvalue weighted by Gasteiger charge is -2.04. The molecule has 0 atom stereocenters. The summed E-state index contributed by atoms with van der Waals surface area (Å²) in [5, 5.41) is 3.30. The van der Waals surface area contributed by atoms with Crippen LogP contribution in [0.4, 0.5) is 4.39 Å². The van der Waals surface area contributed by atoms with Crippen molar-refractivity contribution in [2.24, 2.45) is 5.73 Å². The molecule has 0 heterocycles. The van der Waals surface area contributed by atoms with Gasteiger partial charge in [0.2, 0.25) is 0 Å². The van der Waals surface area contributed by atoms with Gasteiger partial charge in [-0.1, -0.05) is 31.9 Å². The molecule has 0 aromatic heterocycles. The van der Waals surface area contributed by atoms with E-state index in [2.05, 4.69) is 18.0 Å². The zero-order valence-electron chi connectivity index (χ0n) is 10.3. The summed E-state index contributed by atoms with van der Waals surface area (Å²) in [4.78, 5) is 0. The van der Waals surface area contributed by atoms with Crippen LogP contribution >= 0.6 is 0 Å². The Labute approximate surface area is 98.0 Å². The van der Waals surface area contributed by atoms with E-state index >= 15 is 0 Å². The first-order valence-electron chi connectivity index (χ1n) is 5.86. The number of halogens is 1. The van der Waals surface area contributed by atoms with Crippen molar-refractivity contribution < 1.29 is 4.39 Å². The van der Waals surface area contributed by atoms with Crippen LogP contribution < -0.4 is 11.1 Å². The van der Waals surface area contributed by atoms with E-state index in [1.165, 1.54) is 32.4 Å². The second kappa shape index (κ2) is 10.6. The van der Waals surface area contributed by atoms with E-state index in [1.54, 1.807) is 12.1 Å². The fourth-order valence-corrected chi connectivity index (χ4v) is 1.38. The highest BCUT2D eigenvalue weighted by Gasteiger charge is 1.94. The van der Waals surface area contributed by atoms with Gasteiger partial charge in [-0.05, 0) is 37.7 Å². The highest BCUT2D eigenvalue weighted by Crippen LogP contribution is 2.02. The van der Waals surface area contributed by atoms with Gasteiger partial charge >= 0.3 is 0 Å². The Morgan fingerprint density at radius 1 is 1.25 bits per heavy atom. The molecule has 1 aromatic carbocycles. The minimum atomic E-state index is -0.155. The van der Waals surface area contributed by atoms with Crippen LogP contribution in [0.1, 0.15) is 31.7 Å². The van der Waals surface area contributed by atoms with Crippen LogP contribution in [-0.4, -0.2) is 13.6 Å². The van der Waals surface area contributed by atoms with Gasteiger partial charge in [-0.3, -0.25) is 0 Å². The van der Waals surface area contributed by atoms with Gasteiger partial charge in [-0.15, -0.1) is 0 Å². The maximum Gasteiger partial charge on any atom is 0.123 e. The molecule has 1 rings (SSSR count). The maximum atomic E-state index is 12.8. The third-order valence-electron chi connectivity index (χ3n) is 2.18. The molecule has 0 unspecified atom stereocenters. The van der Waals surface area contributed by atoms with Crippen LogP contribution in [0.2, 0.25) is 0 Å². The lowest BCUT2D eigenvalue weighted by molar-refractivity contribution is 0.605. The summed E-state index contributed by atoms with van der Waals surface area (Å²) in [7, 11) is 1.50. The molecule has 0 aliphatic carbocycles. The quantitative estimate of drug-likeness (QED) is 0.732. The predicted octanol–water partition coefficient (Wildman–Crippen LogP) is 2.68. The van der Waals surface area contributed by atoms with E-state index in [1.807, 2.05) is 6.07 Å². The van der Waals surface area contributed by atoms with Gasteiger partial charge in [0.05, 0.1) is 0 Å². The molecule has 3 heteroatoms. The predicted molar refractivity (Wildman–Crippen MR) is 67.7 cm³/mol. The molecule has 0 fully saturated rings. The molecule has 0 aliphatic rings. The average molecular weight is 226 g/mol. The van der Waals surface area contributed by atoms with Gasteiger partial charge in [0.25, 0.3) is 0 Å². The molecule has 0 saturated heterocycles. The van der Waals surface area contributed by atoms with Crippen LogP contribution in [0.25, 0.3) is 0 Å². The van der Waals surface area contributed by atoms with Crippen LogP contribution in [0.5, 0.6) is 0 Å². The number of benzene rings is 1. The molecule has 0 saturated carbocycles. The van der Waals surface area contributed by atoms with Crippen LogP contribution in [0.15, 0.2) is 24.3 Å². The standard InChI is InChI=1S/C12H18FN.CH5N/c1-2-3-4-8-14-10-11-6-5-7-12(13)9-11;1-2/h5-7,9,14H,2-4,8,10H2,1H3;2H2,1H3. The van der Waals surface area contributed by atoms with Gasteiger partial charge in [-0.25, -0.2) is 4.39 Å². The molecule has 92 valence electrons. The zero-order chi connectivity index (χ0) is 12.2. The Balaban J connectivity index is 0.00000106. The molecule has 2 nitrogen and oxygen atoms in total. The normalized spacial score (nSPS) is 9.50. The molecular formula is C13H23FN2. The number of hydrogen-bond acceptors (Lipinski definition) is 2. The third kappa shape index (κ3) is 7.37. The second-order valence-corrected chi connectivity index (χ2v) is 3.51. The number of hydrogen-bond donors (Lipinski definition) is 2. The van der Waals surface area contributed by atoms with Gasteiger partial charge in [-0.2, -0.15) is 0 Å². The van der Waals surface area contributed by atoms with Crippen molar-refractivity contribution in [2.75, 3.05) is 13.6 Å². The van der Waals surface area contributed by atoms with Crippen molar-refractivity contribution in [3.05, 3.63) is 35.6 Å². The molecule has 0 radical (unpaired) electrons. The summed E-state index contributed by atoms with van der Waals surface area (Å²) in [5.74, 6) is -0.155. The van der Waals surface area contributed by atoms with Gasteiger partial charge in [0, 0.05) is 6.54 Å². The van der Waals surface area contributed by atoms with Crippen LogP contribution in [-0.2, 0) is 6.54 Å². The number of rotatable bonds is 6. The van der Waals surface area contributed by atoms with Crippen molar-refractivity contribution >= 4 is 0 Å². The highest BCUT2D eigenvalue weighted by atomic mass is 19.1. The maximum absolute atomic E-state index is 12.8. The first kappa shape index (κ1) is 15.1. The first-order chi connectivity index (χ1) is 7.83. The zero-order valence-corrected chi connectivity index (χ0v) is 10.3. The van der Waals surface area contributed by atoms with Crippen LogP contribution in [0.3, 0.4) is 0 Å². The summed E-state index contributed by atoms with van der Waals surface area (Å²) >= 11 is 0. The molecule has 3 N–H and O–H groups in total. The summed E-state index contributed by atoms with van der Waals surface area (Å²) < 4.78 is 12.8. The molecule has 1 aromatic rings. The van der Waals surface area contributed by atoms with Crippen molar-refractivity contribution in [2.45, 2.75) is 32.7 Å². The average Bonchev–Trinajstić information content (AvgIpc) is 2.32. The van der Waals surface area contributed by atoms with E-state index in [4.69, 9.17) is 0 Å². The number of unbranched alkanes of at least 4 members (excludes halogenated alkanes) is 2. The van der Waals surface area contributed by atoms with Gasteiger partial charge in [0.1, 0.15) is 5.82 Å². The Hall–Kier alpha value is -0.930. The van der Waals surface area contributed by atoms with Crippen molar-refractivity contribution in [1.82, 2.24) is 5.32 Å². The van der Waals surface area contributed by atoms with Crippen molar-refractivity contribution in [3.63, 3.8) is 0 Å². The molecule has 0 spiro atoms. The fraction of sp³-hybridized carbons (Fsp3) is 0.538. The lowest BCUT2D eigenvalue weighted by Crippen LogP contribution is -2.14. The highest BCUT2D eigenvalue weighted by molar-refractivity contribution is 5.15. The summed E-state index contributed by atoms with van der Waals surface area (Å²) in [6.45, 7) is 3.97. The van der Waals surface area contributed by atoms with E-state index in [0.717, 1.165) is 18.7 Å². The topological polar surface area (TPSA) is 38.0 Å². The molecule has 16 heavy (non-hydrogen) atoms. The second-order valence-electron chi connectivity index (χ2n) is 3.51. The Bertz CT molecular complexity index is 264. The molecular weight excluding hydrogens is 203 g/mol. The van der Waals surface area contributed by atoms with Crippen molar-refractivity contribution in [3.8, 4) is 0 Å². The monoisotopic (exact) mass is 226 g/mol. The smallest absolute Gasteiger partial charge is 0.123 e. The Morgan fingerprint density at radius 2 is 2.00 bits per heavy atom. The third-order valence-corrected chi connectivity index (χ3v) is 2.18. The Kier molecular flexibility index (Phi) is 9.97. The van der Waals surface area contributed by atoms with Gasteiger partial charge in [0.15, 0.2) is 0 Å². The molecule has 0 bridgehead atoms. The van der Waals surface area contributed by atoms with E-state index < -0.39 is 0 Å². The molecule has 0 aliphatic heterocycles. The Morgan fingerprint density at radius 3 is 2.62 bits per heavy atom. The summed E-state index contributed by atoms with van der Waals surface area (Å²) in [5.41, 5.74) is 5.52. The number of nitrogens with one attached hydrogen (secondary N) is 1. The van der Waals surface area contributed by atoms with Gasteiger partial charge < -0.3 is 11.1 Å². The minimum absolute atomic E-state index is 0.155. The summed E-state index contributed by atoms with van der Waals surface area (Å²) in [6, 6.07) is 6.74. The first-order valence-corrected chi connectivity index (χ1v) is 5.86. The molecule has 0 amide bonds. The van der Waals surface area contributed by atoms with E-state index in [0.29, 0.717) is 0 Å². The van der Waals surface area contributed by atoms with E-state index in [9.17, 15) is 4.39 Å². The van der Waals surface area contributed by atoms with Crippen molar-refractivity contribution in [1.29, 1.82) is 0 Å². The SMILES string of the molecule is CCCCCNCc1cccc(F)c1.CN. The lowest BCUT2D eigenvalue weighted by atomic mass is 10.2. The minimum Gasteiger partial charge on any atom is -0.333 e. The summed E-state index contributed by atoms with van der Waals surface area (Å²) in [6.07, 6.45) is 3.70. The number of nitrogens with two attached hydrogens (primary N) is 1. The largest absolute Gasteiger partial charge is 0.333 e. The van der Waals surface area contributed by atoms with Crippen LogP contribution in [0, 0.1) is 5.82 Å².